The lowest BCUT2D eigenvalue weighted by Gasteiger charge is -2.03. The largest absolute Gasteiger partial charge is 0.470 e. The number of hydrogen-bond donors (Lipinski definition) is 0. The number of alkyl halides is 3. The number of rotatable bonds is 2. The van der Waals surface area contributed by atoms with Crippen LogP contribution in [0.15, 0.2) is 0 Å². The fourth-order valence-corrected chi connectivity index (χ4v) is 1.13. The highest BCUT2D eigenvalue weighted by atomic mass is 19.4. The molecule has 0 radical (unpaired) electrons. The highest BCUT2D eigenvalue weighted by Crippen LogP contribution is 2.39. The average molecular weight is 186 g/mol. The SMILES string of the molecule is C[C@H]([C@H]1[OH+][C@H]1C(F)(F)F)[C@@H](C)[OH2+]. The van der Waals surface area contributed by atoms with Gasteiger partial charge in [0.15, 0.2) is 6.10 Å². The summed E-state index contributed by atoms with van der Waals surface area (Å²) in [5.74, 6) is -0.295. The Bertz CT molecular complexity index is 167. The van der Waals surface area contributed by atoms with Gasteiger partial charge >= 0.3 is 12.3 Å². The Hall–Kier alpha value is -0.290. The number of epoxide rings is 1. The van der Waals surface area contributed by atoms with Gasteiger partial charge in [0.2, 0.25) is 6.10 Å². The molecule has 5 heteroatoms. The molecular formula is C7H13F3O2+2. The van der Waals surface area contributed by atoms with E-state index >= 15 is 0 Å². The van der Waals surface area contributed by atoms with Crippen LogP contribution in [-0.4, -0.2) is 34.3 Å². The van der Waals surface area contributed by atoms with Crippen molar-refractivity contribution in [2.24, 2.45) is 5.92 Å². The maximum Gasteiger partial charge on any atom is 0.470 e. The molecule has 0 saturated carbocycles. The molecule has 72 valence electrons. The molecule has 1 aliphatic rings. The van der Waals surface area contributed by atoms with Crippen LogP contribution in [0, 0.1) is 5.92 Å². The molecule has 0 aliphatic carbocycles. The van der Waals surface area contributed by atoms with Gasteiger partial charge in [0.25, 0.3) is 0 Å². The van der Waals surface area contributed by atoms with E-state index in [0.717, 1.165) is 0 Å². The predicted molar refractivity (Wildman–Crippen MR) is 38.1 cm³/mol. The van der Waals surface area contributed by atoms with Crippen LogP contribution in [0.4, 0.5) is 13.2 Å². The molecule has 1 aliphatic heterocycles. The second-order valence-corrected chi connectivity index (χ2v) is 3.27. The molecule has 0 amide bonds. The van der Waals surface area contributed by atoms with E-state index in [4.69, 9.17) is 5.11 Å². The van der Waals surface area contributed by atoms with Crippen LogP contribution in [0.25, 0.3) is 0 Å². The van der Waals surface area contributed by atoms with Crippen molar-refractivity contribution < 1.29 is 23.0 Å². The summed E-state index contributed by atoms with van der Waals surface area (Å²) < 4.78 is 39.3. The summed E-state index contributed by atoms with van der Waals surface area (Å²) in [7, 11) is 0. The van der Waals surface area contributed by atoms with Crippen molar-refractivity contribution in [2.75, 3.05) is 0 Å². The second-order valence-electron chi connectivity index (χ2n) is 3.27. The zero-order valence-corrected chi connectivity index (χ0v) is 6.89. The molecule has 0 spiro atoms. The molecule has 0 aromatic carbocycles. The zero-order valence-electron chi connectivity index (χ0n) is 6.89. The summed E-state index contributed by atoms with van der Waals surface area (Å²) in [6.45, 7) is 3.23. The Kier molecular flexibility index (Phi) is 2.35. The first kappa shape index (κ1) is 9.80. The van der Waals surface area contributed by atoms with E-state index in [1.165, 1.54) is 0 Å². The summed E-state index contributed by atoms with van der Waals surface area (Å²) in [6, 6.07) is 0. The molecule has 12 heavy (non-hydrogen) atoms. The van der Waals surface area contributed by atoms with Crippen molar-refractivity contribution in [3.8, 4) is 0 Å². The Morgan fingerprint density at radius 2 is 1.83 bits per heavy atom. The smallest absolute Gasteiger partial charge is 0.443 e. The minimum absolute atomic E-state index is 0.295. The van der Waals surface area contributed by atoms with E-state index in [2.05, 4.69) is 4.74 Å². The highest BCUT2D eigenvalue weighted by molar-refractivity contribution is 4.93. The lowest BCUT2D eigenvalue weighted by Crippen LogP contribution is -2.26. The summed E-state index contributed by atoms with van der Waals surface area (Å²) in [6.07, 6.45) is -6.85. The van der Waals surface area contributed by atoms with Gasteiger partial charge in [-0.2, -0.15) is 13.2 Å². The van der Waals surface area contributed by atoms with Crippen molar-refractivity contribution in [1.29, 1.82) is 0 Å². The van der Waals surface area contributed by atoms with E-state index in [-0.39, 0.29) is 5.92 Å². The molecule has 4 atom stereocenters. The number of hydrogen-bond acceptors (Lipinski definition) is 0. The summed E-state index contributed by atoms with van der Waals surface area (Å²) >= 11 is 0. The van der Waals surface area contributed by atoms with Gasteiger partial charge in [-0.15, -0.1) is 0 Å². The standard InChI is InChI=1S/C7H11F3O2/c1-3(4(2)11)5-6(12-5)7(8,9)10/h3-6,11H,1-2H3/p+2/t3-,4+,5+,6+/m0/s1. The van der Waals surface area contributed by atoms with Crippen molar-refractivity contribution in [3.63, 3.8) is 0 Å². The van der Waals surface area contributed by atoms with Gasteiger partial charge in [0.05, 0.1) is 0 Å². The normalized spacial score (nSPS) is 34.5. The second kappa shape index (κ2) is 2.88. The quantitative estimate of drug-likeness (QED) is 0.446. The molecule has 1 rings (SSSR count). The van der Waals surface area contributed by atoms with Crippen LogP contribution >= 0.6 is 0 Å². The van der Waals surface area contributed by atoms with Crippen molar-refractivity contribution in [1.82, 2.24) is 0 Å². The third-order valence-electron chi connectivity index (χ3n) is 2.23. The Morgan fingerprint density at radius 1 is 1.33 bits per heavy atom. The van der Waals surface area contributed by atoms with E-state index < -0.39 is 24.5 Å². The molecule has 2 nitrogen and oxygen atoms in total. The molecule has 1 heterocycles. The van der Waals surface area contributed by atoms with Gasteiger partial charge in [-0.1, -0.05) is 0 Å². The molecule has 1 fully saturated rings. The molecule has 0 bridgehead atoms. The zero-order chi connectivity index (χ0) is 9.52. The maximum absolute atomic E-state index is 12.0. The first-order chi connectivity index (χ1) is 5.34. The molecule has 1 saturated heterocycles. The van der Waals surface area contributed by atoms with Crippen LogP contribution < -0.4 is 0 Å². The number of ether oxygens (including phenoxy) is 1. The molecule has 0 aromatic heterocycles. The summed E-state index contributed by atoms with van der Waals surface area (Å²) in [4.78, 5) is 0. The van der Waals surface area contributed by atoms with Gasteiger partial charge in [-0.3, -0.25) is 0 Å². The lowest BCUT2D eigenvalue weighted by atomic mass is 10.00. The van der Waals surface area contributed by atoms with E-state index in [0.29, 0.717) is 0 Å². The van der Waals surface area contributed by atoms with E-state index in [1.54, 1.807) is 13.8 Å². The van der Waals surface area contributed by atoms with Crippen LogP contribution in [0.5, 0.6) is 0 Å². The Morgan fingerprint density at radius 3 is 2.08 bits per heavy atom. The number of halogens is 3. The third-order valence-corrected chi connectivity index (χ3v) is 2.23. The highest BCUT2D eigenvalue weighted by Gasteiger charge is 2.68. The van der Waals surface area contributed by atoms with E-state index in [1.807, 2.05) is 0 Å². The summed E-state index contributed by atoms with van der Waals surface area (Å²) in [5.41, 5.74) is 0. The topological polar surface area (TPSA) is 35.7 Å². The number of aliphatic hydroxyl groups is 2. The van der Waals surface area contributed by atoms with Crippen molar-refractivity contribution in [3.05, 3.63) is 0 Å². The van der Waals surface area contributed by atoms with Crippen LogP contribution in [-0.2, 0) is 0 Å². The van der Waals surface area contributed by atoms with Crippen molar-refractivity contribution in [2.45, 2.75) is 38.3 Å². The van der Waals surface area contributed by atoms with Crippen LogP contribution in [0.2, 0.25) is 0 Å². The minimum Gasteiger partial charge on any atom is -0.443 e. The molecular weight excluding hydrogens is 173 g/mol. The predicted octanol–water partition coefficient (Wildman–Crippen LogP) is 0.577. The summed E-state index contributed by atoms with van der Waals surface area (Å²) in [5, 5.41) is 7.22. The fraction of sp³-hybridized carbons (Fsp3) is 1.00. The molecule has 0 aromatic rings. The van der Waals surface area contributed by atoms with Gasteiger partial charge in [0.1, 0.15) is 5.92 Å². The lowest BCUT2D eigenvalue weighted by molar-refractivity contribution is -0.161. The monoisotopic (exact) mass is 186 g/mol. The van der Waals surface area contributed by atoms with Gasteiger partial charge in [-0.05, 0) is 6.92 Å². The Balaban J connectivity index is 2.42. The molecule has 3 N–H and O–H groups in total. The van der Waals surface area contributed by atoms with Crippen LogP contribution in [0.1, 0.15) is 13.8 Å². The van der Waals surface area contributed by atoms with Gasteiger partial charge in [-0.25, -0.2) is 0 Å². The van der Waals surface area contributed by atoms with Gasteiger partial charge < -0.3 is 9.84 Å². The van der Waals surface area contributed by atoms with E-state index in [9.17, 15) is 13.2 Å². The van der Waals surface area contributed by atoms with Crippen LogP contribution in [0.3, 0.4) is 0 Å². The fourth-order valence-electron chi connectivity index (χ4n) is 1.13. The Labute approximate surface area is 68.3 Å². The van der Waals surface area contributed by atoms with Gasteiger partial charge in [0, 0.05) is 6.92 Å². The third kappa shape index (κ3) is 1.90. The first-order valence-electron chi connectivity index (χ1n) is 3.82. The average Bonchev–Trinajstić information content (AvgIpc) is 2.61. The maximum atomic E-state index is 12.0. The first-order valence-corrected chi connectivity index (χ1v) is 3.82. The minimum atomic E-state index is -4.20. The molecule has 0 unspecified atom stereocenters. The van der Waals surface area contributed by atoms with Crippen molar-refractivity contribution >= 4 is 0 Å².